The van der Waals surface area contributed by atoms with Gasteiger partial charge in [-0.1, -0.05) is 25.1 Å². The van der Waals surface area contributed by atoms with E-state index in [1.807, 2.05) is 32.0 Å². The van der Waals surface area contributed by atoms with Gasteiger partial charge in [0.05, 0.1) is 4.75 Å². The summed E-state index contributed by atoms with van der Waals surface area (Å²) in [4.78, 5) is 12.2. The average molecular weight is 309 g/mol. The molecule has 0 radical (unpaired) electrons. The highest BCUT2D eigenvalue weighted by atomic mass is 32.2. The van der Waals surface area contributed by atoms with Crippen LogP contribution in [0.4, 0.5) is 0 Å². The predicted octanol–water partition coefficient (Wildman–Crippen LogP) is 1.69. The van der Waals surface area contributed by atoms with E-state index >= 15 is 0 Å². The van der Waals surface area contributed by atoms with Crippen molar-refractivity contribution < 1.29 is 17.9 Å². The molecule has 5 nitrogen and oxygen atoms in total. The zero-order valence-electron chi connectivity index (χ0n) is 12.2. The highest BCUT2D eigenvalue weighted by molar-refractivity contribution is 7.91. The largest absolute Gasteiger partial charge is 0.480 e. The van der Waals surface area contributed by atoms with Crippen LogP contribution in [0.3, 0.4) is 0 Å². The number of hydrogen-bond acceptors (Lipinski definition) is 4. The summed E-state index contributed by atoms with van der Waals surface area (Å²) in [5.41, 5.74) is 1.90. The minimum atomic E-state index is -3.61. The van der Waals surface area contributed by atoms with Gasteiger partial charge in [0.25, 0.3) is 5.91 Å². The summed E-state index contributed by atoms with van der Waals surface area (Å²) in [7, 11) is -3.61. The van der Waals surface area contributed by atoms with Crippen molar-refractivity contribution in [1.29, 1.82) is 0 Å². The molecule has 1 aromatic rings. The number of sulfonamides is 1. The SMILES string of the molecule is CCC1(S(=O)(=O)NC(=O)C2Cc3cccc(C)c3O2)CC1. The van der Waals surface area contributed by atoms with E-state index in [1.165, 1.54) is 0 Å². The number of amides is 1. The predicted molar refractivity (Wildman–Crippen MR) is 78.6 cm³/mol. The number of para-hydroxylation sites is 1. The van der Waals surface area contributed by atoms with Crippen molar-refractivity contribution in [2.24, 2.45) is 0 Å². The molecule has 114 valence electrons. The van der Waals surface area contributed by atoms with Crippen LogP contribution in [0, 0.1) is 6.92 Å². The first-order valence-electron chi connectivity index (χ1n) is 7.20. The summed E-state index contributed by atoms with van der Waals surface area (Å²) in [5.74, 6) is 0.136. The third-order valence-corrected chi connectivity index (χ3v) is 6.82. The molecule has 6 heteroatoms. The molecule has 1 atom stereocenters. The van der Waals surface area contributed by atoms with Crippen molar-refractivity contribution in [1.82, 2.24) is 4.72 Å². The Morgan fingerprint density at radius 2 is 2.14 bits per heavy atom. The van der Waals surface area contributed by atoms with Crippen molar-refractivity contribution in [3.8, 4) is 5.75 Å². The zero-order chi connectivity index (χ0) is 15.3. The first-order valence-corrected chi connectivity index (χ1v) is 8.68. The first kappa shape index (κ1) is 14.4. The van der Waals surface area contributed by atoms with E-state index in [-0.39, 0.29) is 0 Å². The molecule has 0 bridgehead atoms. The molecule has 21 heavy (non-hydrogen) atoms. The van der Waals surface area contributed by atoms with Crippen molar-refractivity contribution in [3.05, 3.63) is 29.3 Å². The molecule has 0 aromatic heterocycles. The minimum Gasteiger partial charge on any atom is -0.480 e. The van der Waals surface area contributed by atoms with Gasteiger partial charge in [-0.3, -0.25) is 4.79 Å². The Morgan fingerprint density at radius 3 is 2.71 bits per heavy atom. The monoisotopic (exact) mass is 309 g/mol. The van der Waals surface area contributed by atoms with Crippen LogP contribution in [0.15, 0.2) is 18.2 Å². The lowest BCUT2D eigenvalue weighted by molar-refractivity contribution is -0.125. The molecule has 1 fully saturated rings. The second-order valence-electron chi connectivity index (χ2n) is 5.88. The van der Waals surface area contributed by atoms with Gasteiger partial charge < -0.3 is 4.74 Å². The Labute approximate surface area is 124 Å². The smallest absolute Gasteiger partial charge is 0.274 e. The van der Waals surface area contributed by atoms with Crippen LogP contribution in [0.25, 0.3) is 0 Å². The van der Waals surface area contributed by atoms with Crippen molar-refractivity contribution >= 4 is 15.9 Å². The van der Waals surface area contributed by atoms with Crippen molar-refractivity contribution in [2.75, 3.05) is 0 Å². The van der Waals surface area contributed by atoms with Gasteiger partial charge in [-0.05, 0) is 37.3 Å². The summed E-state index contributed by atoms with van der Waals surface area (Å²) in [6, 6.07) is 5.72. The lowest BCUT2D eigenvalue weighted by Crippen LogP contribution is -2.45. The first-order chi connectivity index (χ1) is 9.88. The van der Waals surface area contributed by atoms with Gasteiger partial charge in [0.15, 0.2) is 6.10 Å². The molecule has 1 heterocycles. The number of carbonyl (C=O) groups is 1. The Balaban J connectivity index is 1.73. The van der Waals surface area contributed by atoms with Gasteiger partial charge in [0.2, 0.25) is 10.0 Å². The van der Waals surface area contributed by atoms with Gasteiger partial charge in [-0.15, -0.1) is 0 Å². The number of benzene rings is 1. The van der Waals surface area contributed by atoms with Gasteiger partial charge in [0, 0.05) is 6.42 Å². The average Bonchev–Trinajstić information content (AvgIpc) is 3.12. The number of ether oxygens (including phenoxy) is 1. The third-order valence-electron chi connectivity index (χ3n) is 4.51. The highest BCUT2D eigenvalue weighted by Gasteiger charge is 2.54. The van der Waals surface area contributed by atoms with Crippen molar-refractivity contribution in [3.63, 3.8) is 0 Å². The van der Waals surface area contributed by atoms with Crippen LogP contribution < -0.4 is 9.46 Å². The number of hydrogen-bond donors (Lipinski definition) is 1. The number of fused-ring (bicyclic) bond motifs is 1. The molecule has 0 spiro atoms. The Hall–Kier alpha value is -1.56. The van der Waals surface area contributed by atoms with E-state index in [1.54, 1.807) is 0 Å². The molecule has 1 unspecified atom stereocenters. The maximum absolute atomic E-state index is 12.3. The lowest BCUT2D eigenvalue weighted by Gasteiger charge is -2.17. The second-order valence-corrected chi connectivity index (χ2v) is 7.96. The van der Waals surface area contributed by atoms with Crippen LogP contribution >= 0.6 is 0 Å². The maximum Gasteiger partial charge on any atom is 0.274 e. The molecule has 0 saturated heterocycles. The van der Waals surface area contributed by atoms with E-state index in [2.05, 4.69) is 4.72 Å². The van der Waals surface area contributed by atoms with Crippen molar-refractivity contribution in [2.45, 2.75) is 50.4 Å². The van der Waals surface area contributed by atoms with Crippen LogP contribution in [-0.4, -0.2) is 25.2 Å². The lowest BCUT2D eigenvalue weighted by atomic mass is 10.1. The van der Waals surface area contributed by atoms with Gasteiger partial charge in [-0.2, -0.15) is 0 Å². The van der Waals surface area contributed by atoms with Crippen LogP contribution in [0.2, 0.25) is 0 Å². The summed E-state index contributed by atoms with van der Waals surface area (Å²) in [6.45, 7) is 3.74. The minimum absolute atomic E-state index is 0.414. The van der Waals surface area contributed by atoms with Gasteiger partial charge >= 0.3 is 0 Å². The molecular weight excluding hydrogens is 290 g/mol. The second kappa shape index (κ2) is 4.73. The summed E-state index contributed by atoms with van der Waals surface area (Å²) in [6.07, 6.45) is 1.43. The molecule has 3 rings (SSSR count). The molecular formula is C15H19NO4S. The fourth-order valence-electron chi connectivity index (χ4n) is 2.83. The van der Waals surface area contributed by atoms with Gasteiger partial charge in [-0.25, -0.2) is 13.1 Å². The third kappa shape index (κ3) is 2.31. The Kier molecular flexibility index (Phi) is 3.24. The van der Waals surface area contributed by atoms with Crippen LogP contribution in [0.1, 0.15) is 37.3 Å². The van der Waals surface area contributed by atoms with E-state index in [4.69, 9.17) is 4.74 Å². The zero-order valence-corrected chi connectivity index (χ0v) is 13.0. The highest BCUT2D eigenvalue weighted by Crippen LogP contribution is 2.45. The molecule has 2 aliphatic rings. The molecule has 1 aromatic carbocycles. The normalized spacial score (nSPS) is 22.3. The van der Waals surface area contributed by atoms with Crippen LogP contribution in [-0.2, 0) is 21.2 Å². The number of carbonyl (C=O) groups excluding carboxylic acids is 1. The summed E-state index contributed by atoms with van der Waals surface area (Å²) >= 11 is 0. The molecule has 1 aliphatic heterocycles. The quantitative estimate of drug-likeness (QED) is 0.918. The fourth-order valence-corrected chi connectivity index (χ4v) is 4.46. The summed E-state index contributed by atoms with van der Waals surface area (Å²) in [5, 5.41) is 0. The number of nitrogens with one attached hydrogen (secondary N) is 1. The van der Waals surface area contributed by atoms with E-state index in [9.17, 15) is 13.2 Å². The van der Waals surface area contributed by atoms with Crippen LogP contribution in [0.5, 0.6) is 5.75 Å². The standard InChI is InChI=1S/C15H19NO4S/c1-3-15(7-8-15)21(18,19)16-14(17)12-9-11-6-4-5-10(2)13(11)20-12/h4-6,12H,3,7-9H2,1-2H3,(H,16,17). The Morgan fingerprint density at radius 1 is 1.43 bits per heavy atom. The fraction of sp³-hybridized carbons (Fsp3) is 0.533. The summed E-state index contributed by atoms with van der Waals surface area (Å²) < 4.78 is 31.6. The topological polar surface area (TPSA) is 72.5 Å². The van der Waals surface area contributed by atoms with E-state index in [0.717, 1.165) is 11.1 Å². The molecule has 1 amide bonds. The molecule has 1 N–H and O–H groups in total. The Bertz CT molecular complexity index is 692. The number of aryl methyl sites for hydroxylation is 1. The number of rotatable bonds is 4. The van der Waals surface area contributed by atoms with E-state index < -0.39 is 26.8 Å². The van der Waals surface area contributed by atoms with Gasteiger partial charge in [0.1, 0.15) is 5.75 Å². The van der Waals surface area contributed by atoms with E-state index in [0.29, 0.717) is 31.4 Å². The molecule has 1 aliphatic carbocycles. The molecule has 1 saturated carbocycles. The maximum atomic E-state index is 12.3.